The van der Waals surface area contributed by atoms with Gasteiger partial charge in [-0.2, -0.15) is 0 Å². The second kappa shape index (κ2) is 9.55. The zero-order chi connectivity index (χ0) is 20.9. The Kier molecular flexibility index (Phi) is 6.61. The molecule has 2 aromatic heterocycles. The van der Waals surface area contributed by atoms with E-state index in [4.69, 9.17) is 14.1 Å². The summed E-state index contributed by atoms with van der Waals surface area (Å²) < 4.78 is 13.5. The lowest BCUT2D eigenvalue weighted by Gasteiger charge is -2.12. The Morgan fingerprint density at radius 2 is 1.93 bits per heavy atom. The van der Waals surface area contributed by atoms with Crippen molar-refractivity contribution in [3.63, 3.8) is 0 Å². The summed E-state index contributed by atoms with van der Waals surface area (Å²) in [5.41, 5.74) is 1.45. The van der Waals surface area contributed by atoms with Crippen molar-refractivity contribution in [3.05, 3.63) is 69.2 Å². The van der Waals surface area contributed by atoms with E-state index in [2.05, 4.69) is 26.1 Å². The average Bonchev–Trinajstić information content (AvgIpc) is 3.23. The number of hydrogen-bond acceptors (Lipinski definition) is 7. The van der Waals surface area contributed by atoms with Crippen molar-refractivity contribution >= 4 is 38.6 Å². The summed E-state index contributed by atoms with van der Waals surface area (Å²) >= 11 is 4.90. The van der Waals surface area contributed by atoms with Gasteiger partial charge in [-0.25, -0.2) is 4.98 Å². The first kappa shape index (κ1) is 20.8. The van der Waals surface area contributed by atoms with Crippen LogP contribution < -0.4 is 5.56 Å². The number of halogens is 1. The number of benzene rings is 2. The molecule has 0 unspecified atom stereocenters. The fraction of sp³-hybridized carbons (Fsp3) is 0.238. The molecular weight excluding hydrogens is 468 g/mol. The molecule has 4 rings (SSSR count). The van der Waals surface area contributed by atoms with E-state index in [-0.39, 0.29) is 5.56 Å². The van der Waals surface area contributed by atoms with Crippen LogP contribution in [0.1, 0.15) is 12.3 Å². The Morgan fingerprint density at radius 3 is 2.77 bits per heavy atom. The van der Waals surface area contributed by atoms with E-state index >= 15 is 0 Å². The molecule has 154 valence electrons. The monoisotopic (exact) mass is 486 g/mol. The lowest BCUT2D eigenvalue weighted by Crippen LogP contribution is -2.24. The predicted octanol–water partition coefficient (Wildman–Crippen LogP) is 4.54. The van der Waals surface area contributed by atoms with Crippen molar-refractivity contribution in [2.45, 2.75) is 23.9 Å². The molecule has 0 spiro atoms. The predicted molar refractivity (Wildman–Crippen MR) is 119 cm³/mol. The fourth-order valence-corrected chi connectivity index (χ4v) is 4.32. The minimum absolute atomic E-state index is 0.0568. The van der Waals surface area contributed by atoms with Crippen LogP contribution in [0.2, 0.25) is 0 Å². The second-order valence-corrected chi connectivity index (χ2v) is 8.28. The standard InChI is InChI=1S/C21H19BrN4O3S/c1-28-12-6-11-26-20(27)15-8-3-5-10-17(15)23-21(26)30-13-18-24-25-19(29-18)14-7-2-4-9-16(14)22/h2-5,7-10H,6,11-13H2,1H3. The van der Waals surface area contributed by atoms with Gasteiger partial charge < -0.3 is 9.15 Å². The minimum atomic E-state index is -0.0568. The Bertz CT molecular complexity index is 1220. The van der Waals surface area contributed by atoms with Crippen LogP contribution in [-0.4, -0.2) is 33.5 Å². The highest BCUT2D eigenvalue weighted by Crippen LogP contribution is 2.28. The molecular formula is C21H19BrN4O3S. The van der Waals surface area contributed by atoms with Gasteiger partial charge in [0.2, 0.25) is 11.8 Å². The van der Waals surface area contributed by atoms with E-state index in [1.165, 1.54) is 11.8 Å². The van der Waals surface area contributed by atoms with E-state index in [0.29, 0.717) is 46.7 Å². The van der Waals surface area contributed by atoms with E-state index in [9.17, 15) is 4.79 Å². The Morgan fingerprint density at radius 1 is 1.13 bits per heavy atom. The van der Waals surface area contributed by atoms with Gasteiger partial charge in [0.05, 0.1) is 22.2 Å². The number of rotatable bonds is 8. The average molecular weight is 487 g/mol. The maximum atomic E-state index is 13.0. The van der Waals surface area contributed by atoms with Crippen LogP contribution in [0.3, 0.4) is 0 Å². The van der Waals surface area contributed by atoms with Crippen molar-refractivity contribution in [1.29, 1.82) is 0 Å². The molecule has 0 atom stereocenters. The van der Waals surface area contributed by atoms with Crippen LogP contribution in [0.25, 0.3) is 22.4 Å². The van der Waals surface area contributed by atoms with Gasteiger partial charge in [0.1, 0.15) is 0 Å². The molecule has 0 aliphatic heterocycles. The van der Waals surface area contributed by atoms with Crippen molar-refractivity contribution in [1.82, 2.24) is 19.7 Å². The molecule has 0 aliphatic carbocycles. The first-order valence-electron chi connectivity index (χ1n) is 9.36. The molecule has 0 radical (unpaired) electrons. The smallest absolute Gasteiger partial charge is 0.262 e. The molecule has 0 saturated carbocycles. The van der Waals surface area contributed by atoms with Crippen molar-refractivity contribution in [3.8, 4) is 11.5 Å². The van der Waals surface area contributed by atoms with Gasteiger partial charge in [0, 0.05) is 24.7 Å². The van der Waals surface area contributed by atoms with Crippen LogP contribution in [0.5, 0.6) is 0 Å². The van der Waals surface area contributed by atoms with Gasteiger partial charge in [-0.05, 0) is 46.6 Å². The molecule has 7 nitrogen and oxygen atoms in total. The number of thioether (sulfide) groups is 1. The highest BCUT2D eigenvalue weighted by Gasteiger charge is 2.15. The second-order valence-electron chi connectivity index (χ2n) is 6.48. The third kappa shape index (κ3) is 4.48. The number of para-hydroxylation sites is 1. The summed E-state index contributed by atoms with van der Waals surface area (Å²) in [6, 6.07) is 15.0. The minimum Gasteiger partial charge on any atom is -0.420 e. The largest absolute Gasteiger partial charge is 0.420 e. The SMILES string of the molecule is COCCCn1c(SCc2nnc(-c3ccccc3Br)o2)nc2ccccc2c1=O. The summed E-state index contributed by atoms with van der Waals surface area (Å²) in [4.78, 5) is 17.7. The van der Waals surface area contributed by atoms with E-state index in [1.54, 1.807) is 17.7 Å². The van der Waals surface area contributed by atoms with Gasteiger partial charge >= 0.3 is 0 Å². The van der Waals surface area contributed by atoms with Gasteiger partial charge in [0.15, 0.2) is 5.16 Å². The van der Waals surface area contributed by atoms with Crippen molar-refractivity contribution < 1.29 is 9.15 Å². The zero-order valence-electron chi connectivity index (χ0n) is 16.2. The van der Waals surface area contributed by atoms with Crippen molar-refractivity contribution in [2.75, 3.05) is 13.7 Å². The van der Waals surface area contributed by atoms with Crippen LogP contribution in [0.4, 0.5) is 0 Å². The maximum absolute atomic E-state index is 13.0. The molecule has 0 aliphatic rings. The summed E-state index contributed by atoms with van der Waals surface area (Å²) in [6.45, 7) is 1.10. The fourth-order valence-electron chi connectivity index (χ4n) is 3.00. The molecule has 30 heavy (non-hydrogen) atoms. The molecule has 0 amide bonds. The number of ether oxygens (including phenoxy) is 1. The molecule has 0 bridgehead atoms. The normalized spacial score (nSPS) is 11.3. The molecule has 9 heteroatoms. The van der Waals surface area contributed by atoms with Crippen LogP contribution >= 0.6 is 27.7 Å². The van der Waals surface area contributed by atoms with Gasteiger partial charge in [-0.1, -0.05) is 36.0 Å². The third-order valence-corrected chi connectivity index (χ3v) is 6.11. The summed E-state index contributed by atoms with van der Waals surface area (Å²) in [5.74, 6) is 1.32. The summed E-state index contributed by atoms with van der Waals surface area (Å²) in [6.07, 6.45) is 0.719. The Balaban J connectivity index is 1.60. The van der Waals surface area contributed by atoms with Gasteiger partial charge in [0.25, 0.3) is 5.56 Å². The number of hydrogen-bond donors (Lipinski definition) is 0. The Labute approximate surface area is 185 Å². The lowest BCUT2D eigenvalue weighted by molar-refractivity contribution is 0.189. The summed E-state index contributed by atoms with van der Waals surface area (Å²) in [7, 11) is 1.65. The molecule has 2 aromatic carbocycles. The number of nitrogens with zero attached hydrogens (tertiary/aromatic N) is 4. The molecule has 2 heterocycles. The number of methoxy groups -OCH3 is 1. The molecule has 0 fully saturated rings. The van der Waals surface area contributed by atoms with Gasteiger partial charge in [-0.3, -0.25) is 9.36 Å². The van der Waals surface area contributed by atoms with Crippen molar-refractivity contribution in [2.24, 2.45) is 0 Å². The summed E-state index contributed by atoms with van der Waals surface area (Å²) in [5, 5.41) is 9.52. The van der Waals surface area contributed by atoms with E-state index in [1.807, 2.05) is 42.5 Å². The van der Waals surface area contributed by atoms with Crippen LogP contribution in [-0.2, 0) is 17.0 Å². The number of fused-ring (bicyclic) bond motifs is 1. The molecule has 0 N–H and O–H groups in total. The third-order valence-electron chi connectivity index (χ3n) is 4.45. The molecule has 0 saturated heterocycles. The first-order chi connectivity index (χ1) is 14.7. The van der Waals surface area contributed by atoms with Gasteiger partial charge in [-0.15, -0.1) is 10.2 Å². The highest BCUT2D eigenvalue weighted by molar-refractivity contribution is 9.10. The molecule has 4 aromatic rings. The lowest BCUT2D eigenvalue weighted by atomic mass is 10.2. The zero-order valence-corrected chi connectivity index (χ0v) is 18.6. The number of aromatic nitrogens is 4. The quantitative estimate of drug-likeness (QED) is 0.205. The topological polar surface area (TPSA) is 83.0 Å². The van der Waals surface area contributed by atoms with E-state index in [0.717, 1.165) is 16.5 Å². The first-order valence-corrected chi connectivity index (χ1v) is 11.1. The van der Waals surface area contributed by atoms with Crippen LogP contribution in [0, 0.1) is 0 Å². The van der Waals surface area contributed by atoms with E-state index < -0.39 is 0 Å². The maximum Gasteiger partial charge on any atom is 0.262 e. The Hall–Kier alpha value is -2.49. The van der Waals surface area contributed by atoms with Crippen LogP contribution in [0.15, 0.2) is 67.4 Å². The highest BCUT2D eigenvalue weighted by atomic mass is 79.9.